The topological polar surface area (TPSA) is 59.0 Å². The van der Waals surface area contributed by atoms with Crippen molar-refractivity contribution in [3.8, 4) is 0 Å². The van der Waals surface area contributed by atoms with E-state index in [1.54, 1.807) is 17.0 Å². The summed E-state index contributed by atoms with van der Waals surface area (Å²) in [5, 5.41) is 6.56. The third-order valence-electron chi connectivity index (χ3n) is 3.21. The first-order valence-electron chi connectivity index (χ1n) is 6.08. The van der Waals surface area contributed by atoms with Crippen molar-refractivity contribution in [2.24, 2.45) is 0 Å². The van der Waals surface area contributed by atoms with Gasteiger partial charge in [0.15, 0.2) is 5.82 Å². The molecule has 94 valence electrons. The first kappa shape index (κ1) is 12.1. The molecule has 0 spiro atoms. The molecule has 0 saturated carbocycles. The second kappa shape index (κ2) is 4.49. The smallest absolute Gasteiger partial charge is 0.293 e. The molecule has 0 bridgehead atoms. The molecule has 0 aromatic carbocycles. The number of nitrogens with zero attached hydrogens (tertiary/aromatic N) is 2. The van der Waals surface area contributed by atoms with Gasteiger partial charge in [0.1, 0.15) is 0 Å². The second-order valence-electron chi connectivity index (χ2n) is 5.19. The zero-order valence-corrected chi connectivity index (χ0v) is 10.7. The monoisotopic (exact) mass is 236 g/mol. The summed E-state index contributed by atoms with van der Waals surface area (Å²) in [6.07, 6.45) is 4.41. The van der Waals surface area contributed by atoms with Gasteiger partial charge in [-0.1, -0.05) is 0 Å². The fourth-order valence-corrected chi connectivity index (χ4v) is 2.13. The minimum Gasteiger partial charge on any atom is -0.359 e. The van der Waals surface area contributed by atoms with E-state index in [2.05, 4.69) is 22.5 Å². The second-order valence-corrected chi connectivity index (χ2v) is 5.19. The number of anilines is 1. The molecule has 1 aliphatic rings. The van der Waals surface area contributed by atoms with Gasteiger partial charge in [0.2, 0.25) is 0 Å². The maximum Gasteiger partial charge on any atom is 0.293 e. The average molecular weight is 236 g/mol. The van der Waals surface area contributed by atoms with Gasteiger partial charge in [-0.15, -0.1) is 0 Å². The van der Waals surface area contributed by atoms with Crippen LogP contribution in [0.1, 0.15) is 33.2 Å². The molecular weight excluding hydrogens is 216 g/mol. The van der Waals surface area contributed by atoms with Crippen LogP contribution >= 0.6 is 0 Å². The van der Waals surface area contributed by atoms with E-state index in [0.29, 0.717) is 5.82 Å². The van der Waals surface area contributed by atoms with E-state index in [9.17, 15) is 4.79 Å². The number of rotatable bonds is 3. The molecule has 1 unspecified atom stereocenters. The van der Waals surface area contributed by atoms with Crippen molar-refractivity contribution in [1.82, 2.24) is 14.9 Å². The van der Waals surface area contributed by atoms with E-state index in [1.165, 1.54) is 0 Å². The SMILES string of the molecule is CC(C)n1ccnc(NC2(C)CCNC2)c1=O. The molecule has 1 aromatic heterocycles. The maximum absolute atomic E-state index is 12.2. The van der Waals surface area contributed by atoms with Crippen molar-refractivity contribution in [2.45, 2.75) is 38.8 Å². The van der Waals surface area contributed by atoms with Crippen LogP contribution in [0.4, 0.5) is 5.82 Å². The molecular formula is C12H20N4O. The minimum atomic E-state index is -0.0671. The van der Waals surface area contributed by atoms with Crippen molar-refractivity contribution >= 4 is 5.82 Å². The molecule has 5 heteroatoms. The third-order valence-corrected chi connectivity index (χ3v) is 3.21. The number of hydrogen-bond donors (Lipinski definition) is 2. The summed E-state index contributed by atoms with van der Waals surface area (Å²) in [5.74, 6) is 0.451. The lowest BCUT2D eigenvalue weighted by molar-refractivity contribution is 0.548. The van der Waals surface area contributed by atoms with Crippen LogP contribution in [0.15, 0.2) is 17.2 Å². The highest BCUT2D eigenvalue weighted by molar-refractivity contribution is 5.35. The predicted octanol–water partition coefficient (Wildman–Crippen LogP) is 0.988. The van der Waals surface area contributed by atoms with Gasteiger partial charge in [-0.05, 0) is 33.7 Å². The highest BCUT2D eigenvalue weighted by Gasteiger charge is 2.29. The lowest BCUT2D eigenvalue weighted by Crippen LogP contribution is -2.40. The zero-order chi connectivity index (χ0) is 12.5. The van der Waals surface area contributed by atoms with Gasteiger partial charge in [0, 0.05) is 30.5 Å². The van der Waals surface area contributed by atoms with Crippen LogP contribution in [-0.4, -0.2) is 28.2 Å². The van der Waals surface area contributed by atoms with Gasteiger partial charge >= 0.3 is 0 Å². The van der Waals surface area contributed by atoms with Crippen LogP contribution in [0.3, 0.4) is 0 Å². The normalized spacial score (nSPS) is 24.2. The van der Waals surface area contributed by atoms with E-state index in [1.807, 2.05) is 13.8 Å². The lowest BCUT2D eigenvalue weighted by atomic mass is 10.0. The molecule has 0 amide bonds. The van der Waals surface area contributed by atoms with Crippen LogP contribution in [0.2, 0.25) is 0 Å². The van der Waals surface area contributed by atoms with Crippen molar-refractivity contribution in [1.29, 1.82) is 0 Å². The first-order chi connectivity index (χ1) is 8.02. The van der Waals surface area contributed by atoms with E-state index < -0.39 is 0 Å². The summed E-state index contributed by atoms with van der Waals surface area (Å²) in [6, 6.07) is 0.153. The molecule has 0 aliphatic carbocycles. The summed E-state index contributed by atoms with van der Waals surface area (Å²) in [7, 11) is 0. The van der Waals surface area contributed by atoms with Gasteiger partial charge in [-0.3, -0.25) is 4.79 Å². The minimum absolute atomic E-state index is 0.0457. The molecule has 2 N–H and O–H groups in total. The molecule has 0 radical (unpaired) electrons. The van der Waals surface area contributed by atoms with Crippen LogP contribution < -0.4 is 16.2 Å². The summed E-state index contributed by atoms with van der Waals surface area (Å²) >= 11 is 0. The predicted molar refractivity (Wildman–Crippen MR) is 68.4 cm³/mol. The summed E-state index contributed by atoms with van der Waals surface area (Å²) in [4.78, 5) is 16.3. The Morgan fingerprint density at radius 1 is 1.59 bits per heavy atom. The third kappa shape index (κ3) is 2.49. The molecule has 1 fully saturated rings. The van der Waals surface area contributed by atoms with Crippen LogP contribution in [-0.2, 0) is 0 Å². The van der Waals surface area contributed by atoms with E-state index in [-0.39, 0.29) is 17.1 Å². The van der Waals surface area contributed by atoms with Gasteiger partial charge in [0.25, 0.3) is 5.56 Å². The molecule has 2 heterocycles. The number of nitrogens with one attached hydrogen (secondary N) is 2. The van der Waals surface area contributed by atoms with Crippen LogP contribution in [0.5, 0.6) is 0 Å². The highest BCUT2D eigenvalue weighted by atomic mass is 16.1. The Bertz CT molecular complexity index is 446. The van der Waals surface area contributed by atoms with Crippen LogP contribution in [0.25, 0.3) is 0 Å². The summed E-state index contributed by atoms with van der Waals surface area (Å²) < 4.78 is 1.70. The maximum atomic E-state index is 12.2. The van der Waals surface area contributed by atoms with E-state index >= 15 is 0 Å². The Hall–Kier alpha value is -1.36. The largest absolute Gasteiger partial charge is 0.359 e. The first-order valence-corrected chi connectivity index (χ1v) is 6.08. The Labute approximate surface area is 101 Å². The zero-order valence-electron chi connectivity index (χ0n) is 10.7. The van der Waals surface area contributed by atoms with E-state index in [4.69, 9.17) is 0 Å². The quantitative estimate of drug-likeness (QED) is 0.821. The van der Waals surface area contributed by atoms with Gasteiger partial charge in [-0.25, -0.2) is 4.98 Å². The molecule has 1 atom stereocenters. The summed E-state index contributed by atoms with van der Waals surface area (Å²) in [6.45, 7) is 7.94. The molecule has 5 nitrogen and oxygen atoms in total. The van der Waals surface area contributed by atoms with Gasteiger partial charge in [0.05, 0.1) is 0 Å². The highest BCUT2D eigenvalue weighted by Crippen LogP contribution is 2.17. The number of aromatic nitrogens is 2. The fraction of sp³-hybridized carbons (Fsp3) is 0.667. The van der Waals surface area contributed by atoms with Crippen molar-refractivity contribution in [3.05, 3.63) is 22.7 Å². The molecule has 17 heavy (non-hydrogen) atoms. The van der Waals surface area contributed by atoms with Gasteiger partial charge in [-0.2, -0.15) is 0 Å². The van der Waals surface area contributed by atoms with Crippen LogP contribution in [0, 0.1) is 0 Å². The Morgan fingerprint density at radius 2 is 2.35 bits per heavy atom. The van der Waals surface area contributed by atoms with Crippen molar-refractivity contribution in [2.75, 3.05) is 18.4 Å². The lowest BCUT2D eigenvalue weighted by Gasteiger charge is -2.25. The number of hydrogen-bond acceptors (Lipinski definition) is 4. The van der Waals surface area contributed by atoms with Gasteiger partial charge < -0.3 is 15.2 Å². The molecule has 1 aliphatic heterocycles. The Balaban J connectivity index is 2.27. The molecule has 1 saturated heterocycles. The Morgan fingerprint density at radius 3 is 2.94 bits per heavy atom. The van der Waals surface area contributed by atoms with Crippen molar-refractivity contribution in [3.63, 3.8) is 0 Å². The standard InChI is InChI=1S/C12H20N4O/c1-9(2)16-7-6-14-10(11(16)17)15-12(3)4-5-13-8-12/h6-7,9,13H,4-5,8H2,1-3H3,(H,14,15). The van der Waals surface area contributed by atoms with Crippen molar-refractivity contribution < 1.29 is 0 Å². The summed E-state index contributed by atoms with van der Waals surface area (Å²) in [5.41, 5.74) is -0.113. The molecule has 1 aromatic rings. The molecule has 2 rings (SSSR count). The Kier molecular flexibility index (Phi) is 3.19. The fourth-order valence-electron chi connectivity index (χ4n) is 2.13. The average Bonchev–Trinajstić information content (AvgIpc) is 2.68. The van der Waals surface area contributed by atoms with E-state index in [0.717, 1.165) is 19.5 Å².